The molecule has 0 fully saturated rings. The summed E-state index contributed by atoms with van der Waals surface area (Å²) in [6.07, 6.45) is 3.11. The Bertz CT molecular complexity index is 920. The van der Waals surface area contributed by atoms with Crippen LogP contribution >= 0.6 is 11.6 Å². The minimum atomic E-state index is -0.276. The van der Waals surface area contributed by atoms with Gasteiger partial charge in [-0.1, -0.05) is 35.0 Å². The molecular weight excluding hydrogens is 354 g/mol. The number of benzene rings is 2. The number of amides is 1. The normalized spacial score (nSPS) is 10.8. The predicted octanol–water partition coefficient (Wildman–Crippen LogP) is 3.73. The highest BCUT2D eigenvalue weighted by Crippen LogP contribution is 2.19. The molecule has 0 unspecified atom stereocenters. The average Bonchev–Trinajstić information content (AvgIpc) is 3.14. The number of carbonyl (C=O) groups is 1. The number of carbonyl (C=O) groups excluding carboxylic acids is 1. The number of para-hydroxylation sites is 1. The maximum Gasteiger partial charge on any atom is 0.246 e. The van der Waals surface area contributed by atoms with Gasteiger partial charge in [0.25, 0.3) is 0 Å². The van der Waals surface area contributed by atoms with Crippen LogP contribution in [0.5, 0.6) is 5.75 Å². The molecule has 1 heterocycles. The number of hydrogen-bond acceptors (Lipinski definition) is 5. The van der Waals surface area contributed by atoms with Gasteiger partial charge in [-0.15, -0.1) is 0 Å². The molecule has 0 spiro atoms. The smallest absolute Gasteiger partial charge is 0.246 e. The molecule has 0 atom stereocenters. The molecule has 132 valence electrons. The van der Waals surface area contributed by atoms with Crippen molar-refractivity contribution in [2.24, 2.45) is 0 Å². The van der Waals surface area contributed by atoms with Crippen molar-refractivity contribution in [2.75, 3.05) is 7.11 Å². The summed E-state index contributed by atoms with van der Waals surface area (Å²) in [5.74, 6) is 1.17. The zero-order valence-corrected chi connectivity index (χ0v) is 14.7. The van der Waals surface area contributed by atoms with Gasteiger partial charge in [0.1, 0.15) is 5.75 Å². The van der Waals surface area contributed by atoms with Crippen molar-refractivity contribution in [3.8, 4) is 17.1 Å². The lowest BCUT2D eigenvalue weighted by atomic mass is 10.2. The first kappa shape index (κ1) is 17.7. The van der Waals surface area contributed by atoms with Gasteiger partial charge in [-0.3, -0.25) is 4.79 Å². The minimum absolute atomic E-state index is 0.135. The van der Waals surface area contributed by atoms with Crippen molar-refractivity contribution in [3.05, 3.63) is 71.1 Å². The number of nitrogens with one attached hydrogen (secondary N) is 1. The topological polar surface area (TPSA) is 77.2 Å². The first-order valence-electron chi connectivity index (χ1n) is 7.83. The molecule has 3 aromatic rings. The molecule has 3 rings (SSSR count). The molecule has 26 heavy (non-hydrogen) atoms. The van der Waals surface area contributed by atoms with Crippen LogP contribution in [0.25, 0.3) is 17.5 Å². The van der Waals surface area contributed by atoms with E-state index in [4.69, 9.17) is 20.9 Å². The van der Waals surface area contributed by atoms with E-state index in [2.05, 4.69) is 15.5 Å². The fraction of sp³-hybridized carbons (Fsp3) is 0.105. The second kappa shape index (κ2) is 8.31. The molecular formula is C19H16ClN3O3. The van der Waals surface area contributed by atoms with Crippen molar-refractivity contribution in [1.82, 2.24) is 15.5 Å². The van der Waals surface area contributed by atoms with Gasteiger partial charge >= 0.3 is 0 Å². The fourth-order valence-electron chi connectivity index (χ4n) is 2.23. The SMILES string of the molecule is COc1ccccc1/C=C/C(=O)NCc1nc(-c2ccc(Cl)cc2)no1. The number of ether oxygens (including phenoxy) is 1. The lowest BCUT2D eigenvalue weighted by molar-refractivity contribution is -0.116. The lowest BCUT2D eigenvalue weighted by Crippen LogP contribution is -2.20. The number of aromatic nitrogens is 2. The molecule has 1 N–H and O–H groups in total. The molecule has 6 nitrogen and oxygen atoms in total. The number of halogens is 1. The maximum absolute atomic E-state index is 12.0. The molecule has 0 radical (unpaired) electrons. The first-order valence-corrected chi connectivity index (χ1v) is 8.21. The minimum Gasteiger partial charge on any atom is -0.496 e. The largest absolute Gasteiger partial charge is 0.496 e. The van der Waals surface area contributed by atoms with Gasteiger partial charge in [0.2, 0.25) is 17.6 Å². The third-order valence-electron chi connectivity index (χ3n) is 3.54. The molecule has 2 aromatic carbocycles. The number of nitrogens with zero attached hydrogens (tertiary/aromatic N) is 2. The molecule has 0 aliphatic heterocycles. The van der Waals surface area contributed by atoms with Crippen LogP contribution in [-0.4, -0.2) is 23.2 Å². The van der Waals surface area contributed by atoms with Gasteiger partial charge in [0.05, 0.1) is 13.7 Å². The summed E-state index contributed by atoms with van der Waals surface area (Å²) in [6.45, 7) is 0.135. The highest BCUT2D eigenvalue weighted by atomic mass is 35.5. The van der Waals surface area contributed by atoms with E-state index in [-0.39, 0.29) is 12.5 Å². The molecule has 1 aromatic heterocycles. The fourth-order valence-corrected chi connectivity index (χ4v) is 2.36. The third-order valence-corrected chi connectivity index (χ3v) is 3.79. The second-order valence-corrected chi connectivity index (χ2v) is 5.75. The first-order chi connectivity index (χ1) is 12.7. The lowest BCUT2D eigenvalue weighted by Gasteiger charge is -2.03. The van der Waals surface area contributed by atoms with E-state index in [1.165, 1.54) is 6.08 Å². The predicted molar refractivity (Wildman–Crippen MR) is 98.6 cm³/mol. The number of rotatable bonds is 6. The number of methoxy groups -OCH3 is 1. The van der Waals surface area contributed by atoms with E-state index < -0.39 is 0 Å². The zero-order valence-electron chi connectivity index (χ0n) is 14.0. The zero-order chi connectivity index (χ0) is 18.4. The molecule has 0 saturated heterocycles. The Kier molecular flexibility index (Phi) is 5.66. The molecule has 0 saturated carbocycles. The van der Waals surface area contributed by atoms with E-state index >= 15 is 0 Å². The van der Waals surface area contributed by atoms with Gasteiger partial charge in [-0.05, 0) is 36.4 Å². The maximum atomic E-state index is 12.0. The van der Waals surface area contributed by atoms with Gasteiger partial charge in [-0.25, -0.2) is 0 Å². The average molecular weight is 370 g/mol. The molecule has 0 aliphatic carbocycles. The van der Waals surface area contributed by atoms with Crippen LogP contribution in [0.4, 0.5) is 0 Å². The summed E-state index contributed by atoms with van der Waals surface area (Å²) < 4.78 is 10.4. The third kappa shape index (κ3) is 4.49. The van der Waals surface area contributed by atoms with Crippen LogP contribution in [-0.2, 0) is 11.3 Å². The standard InChI is InChI=1S/C19H16ClN3O3/c1-25-16-5-3-2-4-13(16)8-11-17(24)21-12-18-22-19(23-26-18)14-6-9-15(20)10-7-14/h2-11H,12H2,1H3,(H,21,24)/b11-8+. The van der Waals surface area contributed by atoms with Crippen LogP contribution in [0, 0.1) is 0 Å². The molecule has 7 heteroatoms. The Hall–Kier alpha value is -3.12. The van der Waals surface area contributed by atoms with Gasteiger partial charge in [0.15, 0.2) is 0 Å². The second-order valence-electron chi connectivity index (χ2n) is 5.31. The van der Waals surface area contributed by atoms with Crippen molar-refractivity contribution in [3.63, 3.8) is 0 Å². The Morgan fingerprint density at radius 2 is 2.00 bits per heavy atom. The van der Waals surface area contributed by atoms with Crippen molar-refractivity contribution >= 4 is 23.6 Å². The summed E-state index contributed by atoms with van der Waals surface area (Å²) >= 11 is 5.86. The van der Waals surface area contributed by atoms with E-state index in [9.17, 15) is 4.79 Å². The van der Waals surface area contributed by atoms with Crippen LogP contribution < -0.4 is 10.1 Å². The summed E-state index contributed by atoms with van der Waals surface area (Å²) in [7, 11) is 1.58. The molecule has 0 bridgehead atoms. The Balaban J connectivity index is 1.58. The van der Waals surface area contributed by atoms with Gasteiger partial charge in [0, 0.05) is 22.2 Å². The summed E-state index contributed by atoms with van der Waals surface area (Å²) in [6, 6.07) is 14.5. The van der Waals surface area contributed by atoms with Crippen LogP contribution in [0.3, 0.4) is 0 Å². The van der Waals surface area contributed by atoms with E-state index in [0.29, 0.717) is 22.5 Å². The Labute approximate surface area is 155 Å². The quantitative estimate of drug-likeness (QED) is 0.670. The summed E-state index contributed by atoms with van der Waals surface area (Å²) in [5.41, 5.74) is 1.60. The van der Waals surface area contributed by atoms with Crippen molar-refractivity contribution in [1.29, 1.82) is 0 Å². The van der Waals surface area contributed by atoms with Crippen molar-refractivity contribution < 1.29 is 14.1 Å². The van der Waals surface area contributed by atoms with E-state index in [1.807, 2.05) is 24.3 Å². The van der Waals surface area contributed by atoms with E-state index in [1.54, 1.807) is 37.5 Å². The number of hydrogen-bond donors (Lipinski definition) is 1. The van der Waals surface area contributed by atoms with E-state index in [0.717, 1.165) is 11.1 Å². The highest BCUT2D eigenvalue weighted by molar-refractivity contribution is 6.30. The van der Waals surface area contributed by atoms with Crippen LogP contribution in [0.2, 0.25) is 5.02 Å². The Morgan fingerprint density at radius 3 is 2.77 bits per heavy atom. The van der Waals surface area contributed by atoms with Gasteiger partial charge < -0.3 is 14.6 Å². The monoisotopic (exact) mass is 369 g/mol. The van der Waals surface area contributed by atoms with Crippen LogP contribution in [0.1, 0.15) is 11.5 Å². The van der Waals surface area contributed by atoms with Crippen molar-refractivity contribution in [2.45, 2.75) is 6.54 Å². The highest BCUT2D eigenvalue weighted by Gasteiger charge is 2.09. The summed E-state index contributed by atoms with van der Waals surface area (Å²) in [5, 5.41) is 7.22. The molecule has 0 aliphatic rings. The Morgan fingerprint density at radius 1 is 1.23 bits per heavy atom. The van der Waals surface area contributed by atoms with Crippen LogP contribution in [0.15, 0.2) is 59.1 Å². The van der Waals surface area contributed by atoms with Gasteiger partial charge in [-0.2, -0.15) is 4.98 Å². The summed E-state index contributed by atoms with van der Waals surface area (Å²) in [4.78, 5) is 16.2. The molecule has 1 amide bonds.